The van der Waals surface area contributed by atoms with Crippen molar-refractivity contribution in [3.63, 3.8) is 0 Å². The Labute approximate surface area is 153 Å². The first-order valence-corrected chi connectivity index (χ1v) is 10.8. The molecular weight excluding hydrogens is 336 g/mol. The van der Waals surface area contributed by atoms with Crippen LogP contribution in [-0.2, 0) is 10.0 Å². The van der Waals surface area contributed by atoms with Gasteiger partial charge in [0.15, 0.2) is 0 Å². The molecule has 0 aliphatic heterocycles. The van der Waals surface area contributed by atoms with Crippen molar-refractivity contribution >= 4 is 15.9 Å². The Morgan fingerprint density at radius 2 is 1.32 bits per heavy atom. The Bertz CT molecular complexity index is 632. The zero-order chi connectivity index (χ0) is 18.9. The van der Waals surface area contributed by atoms with Gasteiger partial charge in [-0.1, -0.05) is 39.8 Å². The van der Waals surface area contributed by atoms with Crippen molar-refractivity contribution < 1.29 is 13.2 Å². The van der Waals surface area contributed by atoms with Gasteiger partial charge in [0.1, 0.15) is 0 Å². The highest BCUT2D eigenvalue weighted by molar-refractivity contribution is 7.89. The first kappa shape index (κ1) is 21.6. The van der Waals surface area contributed by atoms with Crippen LogP contribution in [0, 0.1) is 0 Å². The van der Waals surface area contributed by atoms with Gasteiger partial charge in [0.05, 0.1) is 10.5 Å². The fourth-order valence-corrected chi connectivity index (χ4v) is 4.69. The maximum atomic E-state index is 13.1. The molecule has 0 unspecified atom stereocenters. The topological polar surface area (TPSA) is 57.7 Å². The van der Waals surface area contributed by atoms with Crippen molar-refractivity contribution in [2.45, 2.75) is 58.3 Å². The molecule has 1 amide bonds. The smallest absolute Gasteiger partial charge is 0.255 e. The van der Waals surface area contributed by atoms with Crippen LogP contribution in [0.5, 0.6) is 0 Å². The van der Waals surface area contributed by atoms with E-state index in [0.717, 1.165) is 25.7 Å². The van der Waals surface area contributed by atoms with E-state index in [-0.39, 0.29) is 16.4 Å². The van der Waals surface area contributed by atoms with E-state index in [1.807, 2.05) is 27.7 Å². The molecule has 0 N–H and O–H groups in total. The van der Waals surface area contributed by atoms with Crippen LogP contribution in [0.15, 0.2) is 29.2 Å². The highest BCUT2D eigenvalue weighted by atomic mass is 32.2. The van der Waals surface area contributed by atoms with E-state index in [1.54, 1.807) is 29.2 Å². The van der Waals surface area contributed by atoms with Crippen LogP contribution in [0.2, 0.25) is 0 Å². The summed E-state index contributed by atoms with van der Waals surface area (Å²) in [6.07, 6.45) is 3.18. The van der Waals surface area contributed by atoms with Gasteiger partial charge in [0.2, 0.25) is 10.0 Å². The van der Waals surface area contributed by atoms with Crippen molar-refractivity contribution in [3.05, 3.63) is 29.8 Å². The number of sulfonamides is 1. The summed E-state index contributed by atoms with van der Waals surface area (Å²) in [4.78, 5) is 14.8. The number of hydrogen-bond acceptors (Lipinski definition) is 3. The third-order valence-electron chi connectivity index (χ3n) is 3.96. The predicted octanol–water partition coefficient (Wildman–Crippen LogP) is 3.76. The van der Waals surface area contributed by atoms with E-state index < -0.39 is 10.0 Å². The molecule has 0 aromatic heterocycles. The number of carbonyl (C=O) groups excluding carboxylic acids is 1. The average Bonchev–Trinajstić information content (AvgIpc) is 2.60. The molecule has 0 aliphatic rings. The van der Waals surface area contributed by atoms with Gasteiger partial charge in [-0.3, -0.25) is 4.79 Å². The van der Waals surface area contributed by atoms with Gasteiger partial charge >= 0.3 is 0 Å². The monoisotopic (exact) mass is 368 g/mol. The molecule has 0 spiro atoms. The maximum Gasteiger partial charge on any atom is 0.255 e. The molecule has 142 valence electrons. The first-order chi connectivity index (χ1) is 11.9. The van der Waals surface area contributed by atoms with Crippen LogP contribution < -0.4 is 0 Å². The Kier molecular flexibility index (Phi) is 9.14. The molecule has 0 fully saturated rings. The molecule has 0 bridgehead atoms. The minimum atomic E-state index is -3.68. The van der Waals surface area contributed by atoms with Crippen molar-refractivity contribution in [1.82, 2.24) is 9.21 Å². The largest absolute Gasteiger partial charge is 0.339 e. The van der Waals surface area contributed by atoms with Gasteiger partial charge in [0.25, 0.3) is 5.91 Å². The second kappa shape index (κ2) is 10.6. The zero-order valence-electron chi connectivity index (χ0n) is 16.0. The summed E-state index contributed by atoms with van der Waals surface area (Å²) in [5, 5.41) is 0. The van der Waals surface area contributed by atoms with Crippen molar-refractivity contribution in [2.24, 2.45) is 0 Å². The molecule has 25 heavy (non-hydrogen) atoms. The lowest BCUT2D eigenvalue weighted by Gasteiger charge is -2.25. The number of nitrogens with zero attached hydrogens (tertiary/aromatic N) is 2. The van der Waals surface area contributed by atoms with Crippen LogP contribution in [-0.4, -0.2) is 49.7 Å². The normalized spacial score (nSPS) is 11.7. The molecule has 0 radical (unpaired) electrons. The Morgan fingerprint density at radius 1 is 0.840 bits per heavy atom. The van der Waals surface area contributed by atoms with E-state index in [2.05, 4.69) is 0 Å². The molecule has 0 aliphatic carbocycles. The number of rotatable bonds is 11. The van der Waals surface area contributed by atoms with Gasteiger partial charge in [-0.15, -0.1) is 0 Å². The van der Waals surface area contributed by atoms with E-state index in [4.69, 9.17) is 0 Å². The highest BCUT2D eigenvalue weighted by Crippen LogP contribution is 2.22. The zero-order valence-corrected chi connectivity index (χ0v) is 16.8. The number of carbonyl (C=O) groups is 1. The first-order valence-electron chi connectivity index (χ1n) is 9.32. The molecule has 0 saturated heterocycles. The number of hydrogen-bond donors (Lipinski definition) is 0. The summed E-state index contributed by atoms with van der Waals surface area (Å²) in [6.45, 7) is 10.1. The Balaban J connectivity index is 3.32. The van der Waals surface area contributed by atoms with Crippen LogP contribution >= 0.6 is 0 Å². The van der Waals surface area contributed by atoms with Crippen molar-refractivity contribution in [1.29, 1.82) is 0 Å². The van der Waals surface area contributed by atoms with Gasteiger partial charge in [-0.25, -0.2) is 8.42 Å². The Hall–Kier alpha value is -1.40. The van der Waals surface area contributed by atoms with E-state index in [0.29, 0.717) is 26.2 Å². The quantitative estimate of drug-likeness (QED) is 0.597. The second-order valence-electron chi connectivity index (χ2n) is 6.19. The van der Waals surface area contributed by atoms with Crippen LogP contribution in [0.1, 0.15) is 63.7 Å². The molecule has 1 aromatic carbocycles. The van der Waals surface area contributed by atoms with Gasteiger partial charge in [-0.05, 0) is 37.8 Å². The standard InChI is InChI=1S/C19H32N2O3S/c1-5-13-20(14-6-2)19(22)17-11-9-10-12-18(17)25(23,24)21(15-7-3)16-8-4/h9-12H,5-8,13-16H2,1-4H3. The number of amides is 1. The van der Waals surface area contributed by atoms with Gasteiger partial charge in [0, 0.05) is 26.2 Å². The van der Waals surface area contributed by atoms with E-state index in [9.17, 15) is 13.2 Å². The summed E-state index contributed by atoms with van der Waals surface area (Å²) in [6, 6.07) is 6.59. The van der Waals surface area contributed by atoms with Crippen molar-refractivity contribution in [2.75, 3.05) is 26.2 Å². The average molecular weight is 369 g/mol. The minimum Gasteiger partial charge on any atom is -0.339 e. The molecule has 1 rings (SSSR count). The summed E-state index contributed by atoms with van der Waals surface area (Å²) in [7, 11) is -3.68. The third kappa shape index (κ3) is 5.54. The molecule has 0 atom stereocenters. The SMILES string of the molecule is CCCN(CCC)C(=O)c1ccccc1S(=O)(=O)N(CCC)CCC. The molecule has 1 aromatic rings. The highest BCUT2D eigenvalue weighted by Gasteiger charge is 2.29. The van der Waals surface area contributed by atoms with Crippen LogP contribution in [0.25, 0.3) is 0 Å². The van der Waals surface area contributed by atoms with E-state index in [1.165, 1.54) is 4.31 Å². The fourth-order valence-electron chi connectivity index (χ4n) is 2.88. The lowest BCUT2D eigenvalue weighted by atomic mass is 10.2. The number of benzene rings is 1. The molecule has 0 saturated carbocycles. The molecular formula is C19H32N2O3S. The third-order valence-corrected chi connectivity index (χ3v) is 5.91. The van der Waals surface area contributed by atoms with Gasteiger partial charge in [-0.2, -0.15) is 4.31 Å². The van der Waals surface area contributed by atoms with Crippen molar-refractivity contribution in [3.8, 4) is 0 Å². The molecule has 5 nitrogen and oxygen atoms in total. The fraction of sp³-hybridized carbons (Fsp3) is 0.632. The maximum absolute atomic E-state index is 13.1. The molecule has 0 heterocycles. The Morgan fingerprint density at radius 3 is 1.80 bits per heavy atom. The summed E-state index contributed by atoms with van der Waals surface area (Å²) in [5.74, 6) is -0.198. The lowest BCUT2D eigenvalue weighted by molar-refractivity contribution is 0.0751. The summed E-state index contributed by atoms with van der Waals surface area (Å²) >= 11 is 0. The minimum absolute atomic E-state index is 0.124. The summed E-state index contributed by atoms with van der Waals surface area (Å²) in [5.41, 5.74) is 0.279. The van der Waals surface area contributed by atoms with Crippen LogP contribution in [0.4, 0.5) is 0 Å². The van der Waals surface area contributed by atoms with Crippen LogP contribution in [0.3, 0.4) is 0 Å². The predicted molar refractivity (Wildman–Crippen MR) is 102 cm³/mol. The van der Waals surface area contributed by atoms with Gasteiger partial charge < -0.3 is 4.90 Å². The lowest BCUT2D eigenvalue weighted by Crippen LogP contribution is -2.36. The summed E-state index contributed by atoms with van der Waals surface area (Å²) < 4.78 is 27.8. The second-order valence-corrected chi connectivity index (χ2v) is 8.10. The molecule has 6 heteroatoms. The van der Waals surface area contributed by atoms with E-state index >= 15 is 0 Å².